The largest absolute Gasteiger partial charge is 0.366 e. The van der Waals surface area contributed by atoms with Crippen LogP contribution in [0.4, 0.5) is 0 Å². The molecule has 0 atom stereocenters. The van der Waals surface area contributed by atoms with Crippen molar-refractivity contribution in [2.45, 2.75) is 0 Å². The number of hydrogen-bond acceptors (Lipinski definition) is 2. The van der Waals surface area contributed by atoms with Gasteiger partial charge in [-0.1, -0.05) is 54.7 Å². The van der Waals surface area contributed by atoms with Crippen molar-refractivity contribution in [2.24, 2.45) is 0 Å². The molecule has 0 aliphatic heterocycles. The van der Waals surface area contributed by atoms with Gasteiger partial charge in [0.25, 0.3) is 0 Å². The van der Waals surface area contributed by atoms with E-state index in [0.717, 1.165) is 10.8 Å². The smallest absolute Gasteiger partial charge is 0.220 e. The van der Waals surface area contributed by atoms with Crippen molar-refractivity contribution >= 4 is 33.8 Å². The van der Waals surface area contributed by atoms with E-state index < -0.39 is 0 Å². The number of Topliss-reactive ketones (excluding diaryl/α,β-unsaturated/α-hetero) is 1. The van der Waals surface area contributed by atoms with Crippen LogP contribution in [0.25, 0.3) is 10.8 Å². The summed E-state index contributed by atoms with van der Waals surface area (Å²) >= 11 is 5.12. The number of benzene rings is 2. The highest BCUT2D eigenvalue weighted by Crippen LogP contribution is 2.19. The molecule has 0 fully saturated rings. The van der Waals surface area contributed by atoms with Gasteiger partial charge in [-0.15, -0.1) is 0 Å². The molecule has 0 aromatic heterocycles. The van der Waals surface area contributed by atoms with Gasteiger partial charge in [0, 0.05) is 19.7 Å². The summed E-state index contributed by atoms with van der Waals surface area (Å²) in [5.74, 6) is -0.0956. The SMILES string of the molecule is CN(C)C(=S)C(=O)c1cccc2ccccc12. The van der Waals surface area contributed by atoms with Crippen molar-refractivity contribution in [3.63, 3.8) is 0 Å². The van der Waals surface area contributed by atoms with Gasteiger partial charge >= 0.3 is 0 Å². The van der Waals surface area contributed by atoms with Crippen LogP contribution in [-0.2, 0) is 0 Å². The van der Waals surface area contributed by atoms with Crippen molar-refractivity contribution in [3.05, 3.63) is 48.0 Å². The monoisotopic (exact) mass is 243 g/mol. The maximum atomic E-state index is 12.2. The Morgan fingerprint density at radius 1 is 1.06 bits per heavy atom. The van der Waals surface area contributed by atoms with E-state index in [9.17, 15) is 4.79 Å². The molecule has 0 aliphatic rings. The topological polar surface area (TPSA) is 20.3 Å². The maximum Gasteiger partial charge on any atom is 0.220 e. The second kappa shape index (κ2) is 4.63. The number of likely N-dealkylation sites (N-methyl/N-ethyl adjacent to an activating group) is 1. The molecule has 0 radical (unpaired) electrons. The lowest BCUT2D eigenvalue weighted by Crippen LogP contribution is -2.28. The number of carbonyl (C=O) groups excluding carboxylic acids is 1. The van der Waals surface area contributed by atoms with Gasteiger partial charge in [-0.25, -0.2) is 0 Å². The Bertz CT molecular complexity index is 584. The summed E-state index contributed by atoms with van der Waals surface area (Å²) in [5.41, 5.74) is 0.668. The zero-order valence-electron chi connectivity index (χ0n) is 9.81. The van der Waals surface area contributed by atoms with Gasteiger partial charge < -0.3 is 4.90 Å². The molecule has 2 nitrogen and oxygen atoms in total. The molecule has 0 saturated heterocycles. The third kappa shape index (κ3) is 2.19. The number of carbonyl (C=O) groups is 1. The molecule has 0 unspecified atom stereocenters. The molecule has 86 valence electrons. The summed E-state index contributed by atoms with van der Waals surface area (Å²) in [6.45, 7) is 0. The number of ketones is 1. The van der Waals surface area contributed by atoms with Gasteiger partial charge in [-0.2, -0.15) is 0 Å². The minimum absolute atomic E-state index is 0.0956. The number of fused-ring (bicyclic) bond motifs is 1. The lowest BCUT2D eigenvalue weighted by Gasteiger charge is -2.13. The predicted molar refractivity (Wildman–Crippen MR) is 74.6 cm³/mol. The summed E-state index contributed by atoms with van der Waals surface area (Å²) < 4.78 is 0. The lowest BCUT2D eigenvalue weighted by molar-refractivity contribution is 0.106. The number of hydrogen-bond donors (Lipinski definition) is 0. The van der Waals surface area contributed by atoms with E-state index in [1.165, 1.54) is 0 Å². The van der Waals surface area contributed by atoms with Crippen molar-refractivity contribution in [2.75, 3.05) is 14.1 Å². The van der Waals surface area contributed by atoms with Gasteiger partial charge in [0.1, 0.15) is 4.99 Å². The highest BCUT2D eigenvalue weighted by atomic mass is 32.1. The Balaban J connectivity index is 2.56. The summed E-state index contributed by atoms with van der Waals surface area (Å²) in [7, 11) is 3.57. The van der Waals surface area contributed by atoms with Crippen molar-refractivity contribution < 1.29 is 4.79 Å². The average Bonchev–Trinajstić information content (AvgIpc) is 2.36. The Morgan fingerprint density at radius 2 is 1.71 bits per heavy atom. The zero-order chi connectivity index (χ0) is 12.4. The molecule has 0 spiro atoms. The van der Waals surface area contributed by atoms with Gasteiger partial charge in [0.15, 0.2) is 0 Å². The fourth-order valence-electron chi connectivity index (χ4n) is 1.74. The highest BCUT2D eigenvalue weighted by molar-refractivity contribution is 7.82. The van der Waals surface area contributed by atoms with Gasteiger partial charge in [0.2, 0.25) is 5.78 Å². The normalized spacial score (nSPS) is 10.2. The van der Waals surface area contributed by atoms with Crippen LogP contribution in [-0.4, -0.2) is 29.8 Å². The zero-order valence-corrected chi connectivity index (χ0v) is 10.6. The van der Waals surface area contributed by atoms with Crippen molar-refractivity contribution in [1.82, 2.24) is 4.90 Å². The Labute approximate surface area is 106 Å². The van der Waals surface area contributed by atoms with E-state index in [1.54, 1.807) is 19.0 Å². The molecule has 0 bridgehead atoms. The average molecular weight is 243 g/mol. The molecule has 0 N–H and O–H groups in total. The molecule has 2 aromatic rings. The van der Waals surface area contributed by atoms with Crippen LogP contribution >= 0.6 is 12.2 Å². The molecule has 0 heterocycles. The van der Waals surface area contributed by atoms with E-state index in [4.69, 9.17) is 12.2 Å². The molecule has 3 heteroatoms. The Hall–Kier alpha value is -1.74. The summed E-state index contributed by atoms with van der Waals surface area (Å²) in [5, 5.41) is 2.00. The maximum absolute atomic E-state index is 12.2. The van der Waals surface area contributed by atoms with Crippen LogP contribution in [0.5, 0.6) is 0 Å². The molecule has 0 aliphatic carbocycles. The van der Waals surface area contributed by atoms with Crippen LogP contribution in [0.2, 0.25) is 0 Å². The first-order valence-corrected chi connectivity index (χ1v) is 5.76. The van der Waals surface area contributed by atoms with E-state index >= 15 is 0 Å². The second-order valence-electron chi connectivity index (χ2n) is 4.06. The van der Waals surface area contributed by atoms with E-state index in [1.807, 2.05) is 42.5 Å². The standard InChI is InChI=1S/C14H13NOS/c1-15(2)14(17)13(16)12-9-5-7-10-6-3-4-8-11(10)12/h3-9H,1-2H3. The minimum atomic E-state index is -0.0956. The van der Waals surface area contributed by atoms with Crippen LogP contribution in [0.1, 0.15) is 10.4 Å². The van der Waals surface area contributed by atoms with Crippen LogP contribution in [0.15, 0.2) is 42.5 Å². The van der Waals surface area contributed by atoms with Crippen LogP contribution in [0, 0.1) is 0 Å². The molecule has 0 amide bonds. The first-order valence-electron chi connectivity index (χ1n) is 5.35. The molecular formula is C14H13NOS. The Kier molecular flexibility index (Phi) is 3.20. The molecule has 2 aromatic carbocycles. The second-order valence-corrected chi connectivity index (χ2v) is 4.44. The molecule has 0 saturated carbocycles. The van der Waals surface area contributed by atoms with Gasteiger partial charge in [-0.05, 0) is 10.8 Å². The van der Waals surface area contributed by atoms with E-state index in [-0.39, 0.29) is 5.78 Å². The third-order valence-electron chi connectivity index (χ3n) is 2.63. The summed E-state index contributed by atoms with van der Waals surface area (Å²) in [6.07, 6.45) is 0. The van der Waals surface area contributed by atoms with E-state index in [2.05, 4.69) is 0 Å². The van der Waals surface area contributed by atoms with Crippen LogP contribution in [0.3, 0.4) is 0 Å². The summed E-state index contributed by atoms with van der Waals surface area (Å²) in [6, 6.07) is 13.5. The van der Waals surface area contributed by atoms with E-state index in [0.29, 0.717) is 10.6 Å². The van der Waals surface area contributed by atoms with Gasteiger partial charge in [0.05, 0.1) is 0 Å². The first kappa shape index (κ1) is 11.7. The molecule has 17 heavy (non-hydrogen) atoms. The fourth-order valence-corrected chi connectivity index (χ4v) is 1.85. The third-order valence-corrected chi connectivity index (χ3v) is 3.19. The first-order chi connectivity index (χ1) is 8.11. The highest BCUT2D eigenvalue weighted by Gasteiger charge is 2.15. The van der Waals surface area contributed by atoms with Gasteiger partial charge in [-0.3, -0.25) is 4.79 Å². The van der Waals surface area contributed by atoms with Crippen LogP contribution < -0.4 is 0 Å². The van der Waals surface area contributed by atoms with Crippen molar-refractivity contribution in [3.8, 4) is 0 Å². The molecule has 2 rings (SSSR count). The molecular weight excluding hydrogens is 230 g/mol. The minimum Gasteiger partial charge on any atom is -0.366 e. The van der Waals surface area contributed by atoms with Crippen molar-refractivity contribution in [1.29, 1.82) is 0 Å². The quantitative estimate of drug-likeness (QED) is 0.597. The number of thiocarbonyl (C=S) groups is 1. The Morgan fingerprint density at radius 3 is 2.41 bits per heavy atom. The number of rotatable bonds is 2. The summed E-state index contributed by atoms with van der Waals surface area (Å²) in [4.78, 5) is 14.2. The predicted octanol–water partition coefficient (Wildman–Crippen LogP) is 2.91. The fraction of sp³-hybridized carbons (Fsp3) is 0.143. The number of nitrogens with zero attached hydrogens (tertiary/aromatic N) is 1. The lowest BCUT2D eigenvalue weighted by atomic mass is 10.0.